The van der Waals surface area contributed by atoms with Crippen LogP contribution in [0.2, 0.25) is 0 Å². The Bertz CT molecular complexity index is 587. The van der Waals surface area contributed by atoms with Gasteiger partial charge in [-0.15, -0.1) is 0 Å². The van der Waals surface area contributed by atoms with Crippen LogP contribution in [0.3, 0.4) is 0 Å². The van der Waals surface area contributed by atoms with Crippen molar-refractivity contribution in [3.05, 3.63) is 29.6 Å². The number of aliphatic carboxylic acids is 1. The summed E-state index contributed by atoms with van der Waals surface area (Å²) in [5.74, 6) is -1.60. The molecule has 1 aromatic rings. The first-order valence-corrected chi connectivity index (χ1v) is 8.29. The molecule has 0 spiro atoms. The highest BCUT2D eigenvalue weighted by atomic mass is 32.2. The maximum atomic E-state index is 13.5. The lowest BCUT2D eigenvalue weighted by Crippen LogP contribution is -2.25. The van der Waals surface area contributed by atoms with Crippen LogP contribution in [-0.2, 0) is 14.8 Å². The fourth-order valence-electron chi connectivity index (χ4n) is 1.86. The Morgan fingerprint density at radius 1 is 1.24 bits per heavy atom. The van der Waals surface area contributed by atoms with E-state index >= 15 is 0 Å². The fraction of sp³-hybridized carbons (Fsp3) is 0.500. The topological polar surface area (TPSA) is 83.5 Å². The average Bonchev–Trinajstić information content (AvgIpc) is 2.40. The minimum absolute atomic E-state index is 0.125. The Labute approximate surface area is 124 Å². The van der Waals surface area contributed by atoms with E-state index < -0.39 is 21.8 Å². The summed E-state index contributed by atoms with van der Waals surface area (Å²) in [6.07, 6.45) is 2.75. The van der Waals surface area contributed by atoms with Crippen LogP contribution >= 0.6 is 0 Å². The van der Waals surface area contributed by atoms with E-state index in [9.17, 15) is 17.6 Å². The van der Waals surface area contributed by atoms with Gasteiger partial charge < -0.3 is 5.11 Å². The van der Waals surface area contributed by atoms with Gasteiger partial charge in [0, 0.05) is 13.0 Å². The third-order valence-electron chi connectivity index (χ3n) is 2.99. The number of halogens is 1. The first-order valence-electron chi connectivity index (χ1n) is 6.80. The van der Waals surface area contributed by atoms with Gasteiger partial charge in [0.2, 0.25) is 10.0 Å². The number of unbranched alkanes of at least 4 members (excludes halogenated alkanes) is 3. The molecule has 21 heavy (non-hydrogen) atoms. The van der Waals surface area contributed by atoms with Crippen molar-refractivity contribution in [1.29, 1.82) is 0 Å². The van der Waals surface area contributed by atoms with E-state index in [1.165, 1.54) is 12.1 Å². The second-order valence-corrected chi connectivity index (χ2v) is 6.62. The predicted octanol–water partition coefficient (Wildman–Crippen LogP) is 2.45. The SMILES string of the molecule is Cc1ccc(F)c(S(=O)(=O)NCCCCCCC(=O)O)c1. The minimum atomic E-state index is -3.84. The van der Waals surface area contributed by atoms with Crippen LogP contribution in [0.5, 0.6) is 0 Å². The maximum Gasteiger partial charge on any atom is 0.303 e. The van der Waals surface area contributed by atoms with Gasteiger partial charge >= 0.3 is 5.97 Å². The highest BCUT2D eigenvalue weighted by Gasteiger charge is 2.18. The molecule has 7 heteroatoms. The molecule has 0 radical (unpaired) electrons. The molecule has 0 aliphatic carbocycles. The molecule has 0 aromatic heterocycles. The van der Waals surface area contributed by atoms with Crippen LogP contribution in [0.4, 0.5) is 4.39 Å². The summed E-state index contributed by atoms with van der Waals surface area (Å²) in [5, 5.41) is 8.47. The Kier molecular flexibility index (Phi) is 6.77. The zero-order chi connectivity index (χ0) is 15.9. The van der Waals surface area contributed by atoms with E-state index in [0.717, 1.165) is 18.9 Å². The second kappa shape index (κ2) is 8.09. The molecule has 2 N–H and O–H groups in total. The zero-order valence-electron chi connectivity index (χ0n) is 11.9. The standard InChI is InChI=1S/C14H20FNO4S/c1-11-7-8-12(15)13(10-11)21(19,20)16-9-5-3-2-4-6-14(17)18/h7-8,10,16H,2-6,9H2,1H3,(H,17,18). The van der Waals surface area contributed by atoms with Gasteiger partial charge in [-0.2, -0.15) is 0 Å². The molecule has 1 rings (SSSR count). The van der Waals surface area contributed by atoms with Gasteiger partial charge in [0.1, 0.15) is 10.7 Å². The molecule has 5 nitrogen and oxygen atoms in total. The lowest BCUT2D eigenvalue weighted by atomic mass is 10.1. The van der Waals surface area contributed by atoms with Crippen molar-refractivity contribution < 1.29 is 22.7 Å². The quantitative estimate of drug-likeness (QED) is 0.685. The lowest BCUT2D eigenvalue weighted by molar-refractivity contribution is -0.137. The van der Waals surface area contributed by atoms with E-state index in [4.69, 9.17) is 5.11 Å². The molecule has 0 atom stereocenters. The molecule has 0 saturated carbocycles. The highest BCUT2D eigenvalue weighted by molar-refractivity contribution is 7.89. The van der Waals surface area contributed by atoms with Crippen molar-refractivity contribution in [2.24, 2.45) is 0 Å². The van der Waals surface area contributed by atoms with Crippen molar-refractivity contribution >= 4 is 16.0 Å². The fourth-order valence-corrected chi connectivity index (χ4v) is 3.09. The number of carboxylic acid groups (broad SMARTS) is 1. The molecular formula is C14H20FNO4S. The van der Waals surface area contributed by atoms with E-state index in [2.05, 4.69) is 4.72 Å². The molecule has 0 bridgehead atoms. The van der Waals surface area contributed by atoms with Gasteiger partial charge in [-0.1, -0.05) is 18.9 Å². The second-order valence-electron chi connectivity index (χ2n) is 4.89. The molecule has 0 fully saturated rings. The Morgan fingerprint density at radius 2 is 1.90 bits per heavy atom. The molecule has 0 amide bonds. The molecule has 0 aliphatic rings. The summed E-state index contributed by atoms with van der Waals surface area (Å²) < 4.78 is 39.8. The van der Waals surface area contributed by atoms with Crippen molar-refractivity contribution in [3.63, 3.8) is 0 Å². The van der Waals surface area contributed by atoms with E-state index in [1.54, 1.807) is 6.92 Å². The Hall–Kier alpha value is -1.47. The smallest absolute Gasteiger partial charge is 0.303 e. The number of benzene rings is 1. The first-order chi connectivity index (χ1) is 9.83. The number of aryl methyl sites for hydroxylation is 1. The molecule has 0 unspecified atom stereocenters. The van der Waals surface area contributed by atoms with E-state index in [1.807, 2.05) is 0 Å². The van der Waals surface area contributed by atoms with Crippen molar-refractivity contribution in [1.82, 2.24) is 4.72 Å². The molecule has 0 aliphatic heterocycles. The summed E-state index contributed by atoms with van der Waals surface area (Å²) in [6.45, 7) is 1.91. The number of hydrogen-bond acceptors (Lipinski definition) is 3. The summed E-state index contributed by atoms with van der Waals surface area (Å²) in [5.41, 5.74) is 0.672. The molecule has 118 valence electrons. The van der Waals surface area contributed by atoms with Crippen LogP contribution < -0.4 is 4.72 Å². The van der Waals surface area contributed by atoms with Crippen LogP contribution in [0.1, 0.15) is 37.7 Å². The summed E-state index contributed by atoms with van der Waals surface area (Å²) in [4.78, 5) is 9.97. The number of hydrogen-bond donors (Lipinski definition) is 2. The highest BCUT2D eigenvalue weighted by Crippen LogP contribution is 2.16. The lowest BCUT2D eigenvalue weighted by Gasteiger charge is -2.08. The number of carbonyl (C=O) groups is 1. The Morgan fingerprint density at radius 3 is 2.57 bits per heavy atom. The molecular weight excluding hydrogens is 297 g/mol. The largest absolute Gasteiger partial charge is 0.481 e. The van der Waals surface area contributed by atoms with Gasteiger partial charge in [0.15, 0.2) is 0 Å². The summed E-state index contributed by atoms with van der Waals surface area (Å²) >= 11 is 0. The van der Waals surface area contributed by atoms with E-state index in [0.29, 0.717) is 18.4 Å². The van der Waals surface area contributed by atoms with Gasteiger partial charge in [0.25, 0.3) is 0 Å². The third kappa shape index (κ3) is 6.22. The molecule has 0 saturated heterocycles. The maximum absolute atomic E-state index is 13.5. The van der Waals surface area contributed by atoms with Crippen LogP contribution in [0, 0.1) is 12.7 Å². The van der Waals surface area contributed by atoms with Crippen molar-refractivity contribution in [2.45, 2.75) is 43.9 Å². The van der Waals surface area contributed by atoms with Gasteiger partial charge in [0.05, 0.1) is 0 Å². The van der Waals surface area contributed by atoms with Gasteiger partial charge in [-0.05, 0) is 37.5 Å². The van der Waals surface area contributed by atoms with Crippen LogP contribution in [0.15, 0.2) is 23.1 Å². The van der Waals surface area contributed by atoms with Gasteiger partial charge in [-0.25, -0.2) is 17.5 Å². The van der Waals surface area contributed by atoms with E-state index in [-0.39, 0.29) is 17.9 Å². The molecule has 1 aromatic carbocycles. The number of rotatable bonds is 9. The monoisotopic (exact) mass is 317 g/mol. The van der Waals surface area contributed by atoms with Crippen molar-refractivity contribution in [3.8, 4) is 0 Å². The summed E-state index contributed by atoms with van der Waals surface area (Å²) in [7, 11) is -3.84. The van der Waals surface area contributed by atoms with Crippen molar-refractivity contribution in [2.75, 3.05) is 6.54 Å². The Balaban J connectivity index is 2.40. The minimum Gasteiger partial charge on any atom is -0.481 e. The number of nitrogens with one attached hydrogen (secondary N) is 1. The third-order valence-corrected chi connectivity index (χ3v) is 4.46. The zero-order valence-corrected chi connectivity index (χ0v) is 12.7. The number of carboxylic acids is 1. The summed E-state index contributed by atoms with van der Waals surface area (Å²) in [6, 6.07) is 3.94. The molecule has 0 heterocycles. The van der Waals surface area contributed by atoms with Crippen LogP contribution in [0.25, 0.3) is 0 Å². The predicted molar refractivity (Wildman–Crippen MR) is 77.0 cm³/mol. The average molecular weight is 317 g/mol. The first kappa shape index (κ1) is 17.6. The normalized spacial score (nSPS) is 11.5. The number of sulfonamides is 1. The van der Waals surface area contributed by atoms with Gasteiger partial charge in [-0.3, -0.25) is 4.79 Å². The van der Waals surface area contributed by atoms with Crippen LogP contribution in [-0.4, -0.2) is 26.0 Å².